The third kappa shape index (κ3) is 4.28. The van der Waals surface area contributed by atoms with Crippen molar-refractivity contribution in [2.24, 2.45) is 5.92 Å². The molecule has 134 valence electrons. The van der Waals surface area contributed by atoms with Gasteiger partial charge in [0.25, 0.3) is 10.0 Å². The molecule has 1 aliphatic rings. The van der Waals surface area contributed by atoms with Crippen molar-refractivity contribution in [3.8, 4) is 0 Å². The van der Waals surface area contributed by atoms with Gasteiger partial charge in [-0.3, -0.25) is 4.79 Å². The van der Waals surface area contributed by atoms with Crippen LogP contribution in [-0.4, -0.2) is 36.7 Å². The first-order chi connectivity index (χ1) is 11.9. The number of hydrogen-bond acceptors (Lipinski definition) is 5. The number of nitrogens with one attached hydrogen (secondary N) is 1. The van der Waals surface area contributed by atoms with E-state index in [1.54, 1.807) is 18.3 Å². The van der Waals surface area contributed by atoms with E-state index < -0.39 is 10.0 Å². The fourth-order valence-corrected chi connectivity index (χ4v) is 6.39. The number of piperidine rings is 1. The fourth-order valence-electron chi connectivity index (χ4n) is 2.75. The normalized spacial score (nSPS) is 16.7. The van der Waals surface area contributed by atoms with Gasteiger partial charge in [-0.2, -0.15) is 4.31 Å². The lowest BCUT2D eigenvalue weighted by atomic mass is 9.97. The predicted octanol–water partition coefficient (Wildman–Crippen LogP) is 3.25. The number of amides is 1. The number of aromatic nitrogens is 1. The van der Waals surface area contributed by atoms with Gasteiger partial charge >= 0.3 is 0 Å². The average Bonchev–Trinajstić information content (AvgIpc) is 3.02. The SMILES string of the molecule is Cc1ccnc(NC(=O)C2CCN(S(=O)(=O)c3ccc(Br)s3)CC2)c1. The van der Waals surface area contributed by atoms with Crippen LogP contribution >= 0.6 is 27.3 Å². The van der Waals surface area contributed by atoms with Gasteiger partial charge in [0.2, 0.25) is 5.91 Å². The summed E-state index contributed by atoms with van der Waals surface area (Å²) in [7, 11) is -3.48. The van der Waals surface area contributed by atoms with Crippen molar-refractivity contribution < 1.29 is 13.2 Å². The van der Waals surface area contributed by atoms with Gasteiger partial charge < -0.3 is 5.32 Å². The molecule has 0 spiro atoms. The number of pyridine rings is 1. The number of sulfonamides is 1. The Labute approximate surface area is 159 Å². The quantitative estimate of drug-likeness (QED) is 0.785. The zero-order chi connectivity index (χ0) is 18.0. The van der Waals surface area contributed by atoms with Crippen molar-refractivity contribution in [2.75, 3.05) is 18.4 Å². The number of carbonyl (C=O) groups is 1. The van der Waals surface area contributed by atoms with Crippen molar-refractivity contribution in [2.45, 2.75) is 24.0 Å². The first-order valence-electron chi connectivity index (χ1n) is 7.85. The van der Waals surface area contributed by atoms with Gasteiger partial charge in [-0.25, -0.2) is 13.4 Å². The molecule has 0 unspecified atom stereocenters. The first kappa shape index (κ1) is 18.5. The van der Waals surface area contributed by atoms with Crippen LogP contribution in [0.15, 0.2) is 38.5 Å². The molecule has 1 fully saturated rings. The zero-order valence-corrected chi connectivity index (χ0v) is 16.8. The molecule has 0 atom stereocenters. The molecule has 2 aromatic heterocycles. The molecule has 0 aromatic carbocycles. The molecule has 1 amide bonds. The highest BCUT2D eigenvalue weighted by Gasteiger charge is 2.32. The Balaban J connectivity index is 1.61. The Kier molecular flexibility index (Phi) is 5.57. The lowest BCUT2D eigenvalue weighted by Gasteiger charge is -2.30. The summed E-state index contributed by atoms with van der Waals surface area (Å²) in [5.41, 5.74) is 1.02. The summed E-state index contributed by atoms with van der Waals surface area (Å²) >= 11 is 4.49. The Hall–Kier alpha value is -1.29. The number of carbonyl (C=O) groups excluding carboxylic acids is 1. The number of rotatable bonds is 4. The van der Waals surface area contributed by atoms with Crippen LogP contribution < -0.4 is 5.32 Å². The second kappa shape index (κ2) is 7.53. The third-order valence-electron chi connectivity index (χ3n) is 4.13. The van der Waals surface area contributed by atoms with Crippen LogP contribution in [0.4, 0.5) is 5.82 Å². The fraction of sp³-hybridized carbons (Fsp3) is 0.375. The van der Waals surface area contributed by atoms with E-state index in [4.69, 9.17) is 0 Å². The minimum Gasteiger partial charge on any atom is -0.310 e. The van der Waals surface area contributed by atoms with Crippen LogP contribution in [0.25, 0.3) is 0 Å². The second-order valence-corrected chi connectivity index (χ2v) is 10.6. The summed E-state index contributed by atoms with van der Waals surface area (Å²) in [6, 6.07) is 7.01. The van der Waals surface area contributed by atoms with Crippen LogP contribution in [0.5, 0.6) is 0 Å². The van der Waals surface area contributed by atoms with Crippen molar-refractivity contribution in [3.63, 3.8) is 0 Å². The number of aryl methyl sites for hydroxylation is 1. The van der Waals surface area contributed by atoms with Crippen molar-refractivity contribution in [1.29, 1.82) is 0 Å². The number of nitrogens with zero attached hydrogens (tertiary/aromatic N) is 2. The van der Waals surface area contributed by atoms with E-state index in [2.05, 4.69) is 26.2 Å². The number of hydrogen-bond donors (Lipinski definition) is 1. The van der Waals surface area contributed by atoms with E-state index in [0.29, 0.717) is 36.0 Å². The molecule has 1 saturated heterocycles. The van der Waals surface area contributed by atoms with Gasteiger partial charge in [-0.05, 0) is 65.5 Å². The lowest BCUT2D eigenvalue weighted by Crippen LogP contribution is -2.41. The molecular weight excluding hydrogens is 426 g/mol. The zero-order valence-electron chi connectivity index (χ0n) is 13.6. The maximum Gasteiger partial charge on any atom is 0.252 e. The molecule has 2 aromatic rings. The van der Waals surface area contributed by atoms with Gasteiger partial charge in [0.05, 0.1) is 3.79 Å². The minimum atomic E-state index is -3.48. The summed E-state index contributed by atoms with van der Waals surface area (Å²) in [6.45, 7) is 2.62. The van der Waals surface area contributed by atoms with E-state index in [-0.39, 0.29) is 11.8 Å². The molecule has 0 aliphatic carbocycles. The van der Waals surface area contributed by atoms with E-state index in [1.807, 2.05) is 19.1 Å². The Morgan fingerprint density at radius 2 is 2.04 bits per heavy atom. The third-order valence-corrected chi connectivity index (χ3v) is 8.12. The molecule has 25 heavy (non-hydrogen) atoms. The summed E-state index contributed by atoms with van der Waals surface area (Å²) in [5, 5.41) is 2.82. The van der Waals surface area contributed by atoms with Crippen molar-refractivity contribution >= 4 is 49.0 Å². The molecule has 3 heterocycles. The van der Waals surface area contributed by atoms with Crippen LogP contribution in [0, 0.1) is 12.8 Å². The smallest absolute Gasteiger partial charge is 0.252 e. The molecular formula is C16H18BrN3O3S2. The summed E-state index contributed by atoms with van der Waals surface area (Å²) in [4.78, 5) is 16.5. The monoisotopic (exact) mass is 443 g/mol. The molecule has 6 nitrogen and oxygen atoms in total. The molecule has 0 saturated carbocycles. The maximum absolute atomic E-state index is 12.6. The summed E-state index contributed by atoms with van der Waals surface area (Å²) < 4.78 is 27.8. The molecule has 9 heteroatoms. The Morgan fingerprint density at radius 3 is 2.64 bits per heavy atom. The lowest BCUT2D eigenvalue weighted by molar-refractivity contribution is -0.120. The van der Waals surface area contributed by atoms with Gasteiger partial charge in [0.1, 0.15) is 10.0 Å². The summed E-state index contributed by atoms with van der Waals surface area (Å²) in [5.74, 6) is 0.223. The van der Waals surface area contributed by atoms with Crippen LogP contribution in [0.2, 0.25) is 0 Å². The van der Waals surface area contributed by atoms with E-state index in [1.165, 1.54) is 15.6 Å². The highest BCUT2D eigenvalue weighted by atomic mass is 79.9. The van der Waals surface area contributed by atoms with Crippen molar-refractivity contribution in [3.05, 3.63) is 39.8 Å². The topological polar surface area (TPSA) is 79.4 Å². The van der Waals surface area contributed by atoms with Crippen molar-refractivity contribution in [1.82, 2.24) is 9.29 Å². The molecule has 0 bridgehead atoms. The highest BCUT2D eigenvalue weighted by molar-refractivity contribution is 9.11. The number of halogens is 1. The first-order valence-corrected chi connectivity index (χ1v) is 10.9. The predicted molar refractivity (Wildman–Crippen MR) is 101 cm³/mol. The largest absolute Gasteiger partial charge is 0.310 e. The molecule has 1 aliphatic heterocycles. The number of anilines is 1. The average molecular weight is 444 g/mol. The summed E-state index contributed by atoms with van der Waals surface area (Å²) in [6.07, 6.45) is 2.66. The minimum absolute atomic E-state index is 0.103. The van der Waals surface area contributed by atoms with Crippen LogP contribution in [0.3, 0.4) is 0 Å². The second-order valence-electron chi connectivity index (χ2n) is 5.94. The van der Waals surface area contributed by atoms with Crippen LogP contribution in [0.1, 0.15) is 18.4 Å². The van der Waals surface area contributed by atoms with Gasteiger partial charge in [-0.1, -0.05) is 0 Å². The van der Waals surface area contributed by atoms with Gasteiger partial charge in [0, 0.05) is 25.2 Å². The number of thiophene rings is 1. The standard InChI is InChI=1S/C16H18BrN3O3S2/c1-11-4-7-18-14(10-11)19-16(21)12-5-8-20(9-6-12)25(22,23)15-3-2-13(17)24-15/h2-4,7,10,12H,5-6,8-9H2,1H3,(H,18,19,21). The molecule has 0 radical (unpaired) electrons. The molecule has 3 rings (SSSR count). The van der Waals surface area contributed by atoms with Gasteiger partial charge in [-0.15, -0.1) is 11.3 Å². The van der Waals surface area contributed by atoms with E-state index >= 15 is 0 Å². The van der Waals surface area contributed by atoms with E-state index in [0.717, 1.165) is 9.35 Å². The molecule has 1 N–H and O–H groups in total. The highest BCUT2D eigenvalue weighted by Crippen LogP contribution is 2.31. The van der Waals surface area contributed by atoms with Crippen LogP contribution in [-0.2, 0) is 14.8 Å². The van der Waals surface area contributed by atoms with E-state index in [9.17, 15) is 13.2 Å². The maximum atomic E-state index is 12.6. The van der Waals surface area contributed by atoms with Gasteiger partial charge in [0.15, 0.2) is 0 Å². The Morgan fingerprint density at radius 1 is 1.32 bits per heavy atom. The Bertz CT molecular complexity index is 874.